The average molecular weight is 745 g/mol. The second kappa shape index (κ2) is 18.6. The van der Waals surface area contributed by atoms with Gasteiger partial charge in [0.1, 0.15) is 0 Å². The van der Waals surface area contributed by atoms with E-state index >= 15 is 0 Å². The number of rotatable bonds is 14. The molecule has 0 unspecified atom stereocenters. The highest BCUT2D eigenvalue weighted by atomic mass is 35.5. The van der Waals surface area contributed by atoms with Crippen LogP contribution >= 0.6 is 11.6 Å². The number of amides is 4. The van der Waals surface area contributed by atoms with Crippen LogP contribution in [0.5, 0.6) is 17.2 Å². The third kappa shape index (κ3) is 10.1. The van der Waals surface area contributed by atoms with E-state index in [9.17, 15) is 19.2 Å². The number of nitrogens with one attached hydrogen (secondary N) is 4. The Morgan fingerprint density at radius 1 is 0.537 bits per heavy atom. The zero-order chi connectivity index (χ0) is 38.5. The van der Waals surface area contributed by atoms with Gasteiger partial charge in [-0.2, -0.15) is 0 Å². The second-order valence-corrected chi connectivity index (χ2v) is 11.9. The first-order valence-electron chi connectivity index (χ1n) is 16.6. The monoisotopic (exact) mass is 744 g/mol. The number of carbonyl (C=O) groups excluding carboxylic acids is 4. The van der Waals surface area contributed by atoms with Gasteiger partial charge in [0, 0.05) is 45.5 Å². The van der Waals surface area contributed by atoms with Crippen molar-refractivity contribution in [3.8, 4) is 17.2 Å². The summed E-state index contributed by atoms with van der Waals surface area (Å²) >= 11 is 6.96. The topological polar surface area (TPSA) is 144 Å². The summed E-state index contributed by atoms with van der Waals surface area (Å²) in [5.41, 5.74) is 3.68. The predicted molar refractivity (Wildman–Crippen MR) is 212 cm³/mol. The molecule has 274 valence electrons. The van der Waals surface area contributed by atoms with Crippen molar-refractivity contribution >= 4 is 63.0 Å². The fourth-order valence-electron chi connectivity index (χ4n) is 5.25. The number of carbonyl (C=O) groups is 4. The van der Waals surface area contributed by atoms with Crippen molar-refractivity contribution in [3.05, 3.63) is 156 Å². The quantitative estimate of drug-likeness (QED) is 0.0661. The molecule has 0 fully saturated rings. The molecule has 54 heavy (non-hydrogen) atoms. The molecule has 0 aliphatic heterocycles. The van der Waals surface area contributed by atoms with Crippen molar-refractivity contribution in [1.29, 1.82) is 0 Å². The van der Waals surface area contributed by atoms with Crippen molar-refractivity contribution in [2.24, 2.45) is 0 Å². The van der Waals surface area contributed by atoms with Crippen molar-refractivity contribution in [1.82, 2.24) is 0 Å². The minimum Gasteiger partial charge on any atom is -0.493 e. The number of methoxy groups -OCH3 is 3. The summed E-state index contributed by atoms with van der Waals surface area (Å²) in [6, 6.07) is 34.2. The lowest BCUT2D eigenvalue weighted by atomic mass is 10.0. The summed E-state index contributed by atoms with van der Waals surface area (Å²) in [4.78, 5) is 51.8. The highest BCUT2D eigenvalue weighted by molar-refractivity contribution is 6.50. The highest BCUT2D eigenvalue weighted by Gasteiger charge is 2.21. The lowest BCUT2D eigenvalue weighted by Crippen LogP contribution is -2.14. The SMILES string of the molecule is COc1ccc(/C(Cl)=C(\C=C\C(=O)Nc2ccc(C(=O)Nc3ccccc3)cc2)CC(=O)Nc2ccc(C(=O)Nc3ccccc3)cc2)c(OC)c1OC. The van der Waals surface area contributed by atoms with Gasteiger partial charge in [0.15, 0.2) is 11.5 Å². The highest BCUT2D eigenvalue weighted by Crippen LogP contribution is 2.44. The fraction of sp³-hybridized carbons (Fsp3) is 0.0952. The molecule has 0 radical (unpaired) electrons. The zero-order valence-electron chi connectivity index (χ0n) is 29.6. The molecule has 12 heteroatoms. The molecule has 0 aliphatic carbocycles. The Labute approximate surface area is 317 Å². The van der Waals surface area contributed by atoms with E-state index in [1.165, 1.54) is 33.5 Å². The van der Waals surface area contributed by atoms with Crippen LogP contribution in [-0.4, -0.2) is 45.0 Å². The molecule has 5 aromatic rings. The Balaban J connectivity index is 1.33. The van der Waals surface area contributed by atoms with Crippen LogP contribution in [0.15, 0.2) is 139 Å². The van der Waals surface area contributed by atoms with Gasteiger partial charge in [-0.25, -0.2) is 0 Å². The molecule has 0 bridgehead atoms. The summed E-state index contributed by atoms with van der Waals surface area (Å²) in [6.07, 6.45) is 2.43. The number of hydrogen-bond acceptors (Lipinski definition) is 7. The number of ether oxygens (including phenoxy) is 3. The van der Waals surface area contributed by atoms with Gasteiger partial charge in [-0.15, -0.1) is 0 Å². The summed E-state index contributed by atoms with van der Waals surface area (Å²) in [6.45, 7) is 0. The molecule has 11 nitrogen and oxygen atoms in total. The van der Waals surface area contributed by atoms with Crippen LogP contribution in [-0.2, 0) is 9.59 Å². The van der Waals surface area contributed by atoms with E-state index in [1.807, 2.05) is 36.4 Å². The van der Waals surface area contributed by atoms with Crippen LogP contribution in [0, 0.1) is 0 Å². The van der Waals surface area contributed by atoms with E-state index in [1.54, 1.807) is 84.9 Å². The molecule has 5 aromatic carbocycles. The molecule has 0 heterocycles. The van der Waals surface area contributed by atoms with Gasteiger partial charge < -0.3 is 35.5 Å². The van der Waals surface area contributed by atoms with Crippen LogP contribution in [0.1, 0.15) is 32.7 Å². The van der Waals surface area contributed by atoms with E-state index < -0.39 is 11.8 Å². The lowest BCUT2D eigenvalue weighted by Gasteiger charge is -2.17. The Morgan fingerprint density at radius 3 is 1.50 bits per heavy atom. The third-order valence-corrected chi connectivity index (χ3v) is 8.36. The molecule has 5 rings (SSSR count). The number of anilines is 4. The van der Waals surface area contributed by atoms with E-state index in [-0.39, 0.29) is 34.6 Å². The molecule has 4 N–H and O–H groups in total. The zero-order valence-corrected chi connectivity index (χ0v) is 30.4. The molecule has 0 atom stereocenters. The molecule has 0 spiro atoms. The van der Waals surface area contributed by atoms with E-state index in [4.69, 9.17) is 25.8 Å². The molecule has 0 aliphatic rings. The van der Waals surface area contributed by atoms with Crippen LogP contribution in [0.3, 0.4) is 0 Å². The minimum atomic E-state index is -0.512. The van der Waals surface area contributed by atoms with Crippen LogP contribution in [0.2, 0.25) is 0 Å². The predicted octanol–water partition coefficient (Wildman–Crippen LogP) is 8.39. The van der Waals surface area contributed by atoms with Crippen molar-refractivity contribution < 1.29 is 33.4 Å². The van der Waals surface area contributed by atoms with Crippen LogP contribution < -0.4 is 35.5 Å². The summed E-state index contributed by atoms with van der Waals surface area (Å²) in [5.74, 6) is -0.594. The summed E-state index contributed by atoms with van der Waals surface area (Å²) < 4.78 is 16.5. The molecule has 0 aromatic heterocycles. The van der Waals surface area contributed by atoms with Gasteiger partial charge in [0.05, 0.1) is 32.8 Å². The van der Waals surface area contributed by atoms with Crippen molar-refractivity contribution in [2.75, 3.05) is 42.6 Å². The normalized spacial score (nSPS) is 11.2. The van der Waals surface area contributed by atoms with Gasteiger partial charge in [0.25, 0.3) is 11.8 Å². The number of allylic oxidation sites excluding steroid dienone is 1. The molecule has 0 saturated heterocycles. The lowest BCUT2D eigenvalue weighted by molar-refractivity contribution is -0.115. The van der Waals surface area contributed by atoms with Crippen LogP contribution in [0.25, 0.3) is 5.03 Å². The maximum Gasteiger partial charge on any atom is 0.255 e. The smallest absolute Gasteiger partial charge is 0.255 e. The summed E-state index contributed by atoms with van der Waals surface area (Å²) in [5, 5.41) is 11.3. The number of benzene rings is 5. The minimum absolute atomic E-state index is 0.119. The largest absolute Gasteiger partial charge is 0.493 e. The maximum atomic E-state index is 13.4. The van der Waals surface area contributed by atoms with Gasteiger partial charge in [-0.1, -0.05) is 54.1 Å². The van der Waals surface area contributed by atoms with E-state index in [2.05, 4.69) is 21.3 Å². The third-order valence-electron chi connectivity index (χ3n) is 7.92. The van der Waals surface area contributed by atoms with Gasteiger partial charge in [-0.3, -0.25) is 19.2 Å². The molecule has 0 saturated carbocycles. The number of hydrogen-bond donors (Lipinski definition) is 4. The van der Waals surface area contributed by atoms with E-state index in [0.717, 1.165) is 0 Å². The first kappa shape index (κ1) is 38.4. The molecular formula is C42H37ClN4O7. The Bertz CT molecular complexity index is 2170. The number of halogens is 1. The molecule has 4 amide bonds. The molecular weight excluding hydrogens is 708 g/mol. The average Bonchev–Trinajstić information content (AvgIpc) is 3.19. The maximum absolute atomic E-state index is 13.4. The Kier molecular flexibility index (Phi) is 13.2. The Hall–Kier alpha value is -6.85. The first-order valence-corrected chi connectivity index (χ1v) is 17.0. The number of para-hydroxylation sites is 2. The van der Waals surface area contributed by atoms with Gasteiger partial charge >= 0.3 is 0 Å². The second-order valence-electron chi connectivity index (χ2n) is 11.6. The van der Waals surface area contributed by atoms with Crippen molar-refractivity contribution in [3.63, 3.8) is 0 Å². The fourth-order valence-corrected chi connectivity index (χ4v) is 5.53. The van der Waals surface area contributed by atoms with Crippen LogP contribution in [0.4, 0.5) is 22.7 Å². The Morgan fingerprint density at radius 2 is 1.02 bits per heavy atom. The van der Waals surface area contributed by atoms with Gasteiger partial charge in [0.2, 0.25) is 17.6 Å². The van der Waals surface area contributed by atoms with Gasteiger partial charge in [-0.05, 0) is 90.5 Å². The van der Waals surface area contributed by atoms with Crippen molar-refractivity contribution in [2.45, 2.75) is 6.42 Å². The van der Waals surface area contributed by atoms with E-state index in [0.29, 0.717) is 50.9 Å². The first-order chi connectivity index (χ1) is 26.2. The standard InChI is InChI=1S/C42H37ClN4O7/c1-52-35-24-23-34(39(53-2)40(35)54-3)38(43)29(26-37(49)45-33-21-16-28(17-22-33)42(51)47-31-12-8-5-9-13-31)18-25-36(48)44-32-19-14-27(15-20-32)41(50)46-30-10-6-4-7-11-30/h4-25H,26H2,1-3H3,(H,44,48)(H,45,49)(H,46,50)(H,47,51)/b25-18+,38-29-. The summed E-state index contributed by atoms with van der Waals surface area (Å²) in [7, 11) is 4.39.